The van der Waals surface area contributed by atoms with Crippen molar-refractivity contribution in [1.29, 1.82) is 0 Å². The van der Waals surface area contributed by atoms with Crippen LogP contribution in [0.4, 0.5) is 0 Å². The molecule has 98 valence electrons. The summed E-state index contributed by atoms with van der Waals surface area (Å²) in [7, 11) is 0. The summed E-state index contributed by atoms with van der Waals surface area (Å²) in [5.74, 6) is -2.54. The predicted octanol–water partition coefficient (Wildman–Crippen LogP) is 0.874. The molecule has 3 N–H and O–H groups in total. The maximum absolute atomic E-state index is 11.7. The summed E-state index contributed by atoms with van der Waals surface area (Å²) in [4.78, 5) is 26.4. The Balaban J connectivity index is 2.66. The van der Waals surface area contributed by atoms with Crippen molar-refractivity contribution in [3.8, 4) is 5.75 Å². The van der Waals surface area contributed by atoms with E-state index in [9.17, 15) is 14.7 Å². The minimum absolute atomic E-state index is 0.00183. The minimum Gasteiger partial charge on any atom is -0.505 e. The summed E-state index contributed by atoms with van der Waals surface area (Å²) in [6, 6.07) is 2.85. The Morgan fingerprint density at radius 3 is 2.61 bits per heavy atom. The molecule has 1 unspecified atom stereocenters. The van der Waals surface area contributed by atoms with E-state index in [1.54, 1.807) is 13.8 Å². The summed E-state index contributed by atoms with van der Waals surface area (Å²) in [5.41, 5.74) is -0.106. The zero-order valence-electron chi connectivity index (χ0n) is 10.3. The molecule has 0 bridgehead atoms. The highest BCUT2D eigenvalue weighted by molar-refractivity contribution is 5.94. The van der Waals surface area contributed by atoms with E-state index in [-0.39, 0.29) is 23.9 Å². The summed E-state index contributed by atoms with van der Waals surface area (Å²) in [6.07, 6.45) is 1.38. The number of rotatable bonds is 5. The van der Waals surface area contributed by atoms with E-state index >= 15 is 0 Å². The molecule has 6 heteroatoms. The van der Waals surface area contributed by atoms with E-state index in [0.717, 1.165) is 0 Å². The van der Waals surface area contributed by atoms with Crippen LogP contribution in [0.2, 0.25) is 0 Å². The fourth-order valence-electron chi connectivity index (χ4n) is 1.47. The molecule has 0 aliphatic heterocycles. The van der Waals surface area contributed by atoms with Crippen molar-refractivity contribution < 1.29 is 19.8 Å². The van der Waals surface area contributed by atoms with Gasteiger partial charge in [0.05, 0.1) is 5.92 Å². The molecule has 1 atom stereocenters. The Hall–Kier alpha value is -2.11. The number of carbonyl (C=O) groups is 2. The minimum atomic E-state index is -0.962. The number of carboxylic acids is 1. The molecular formula is C12H16N2O4. The van der Waals surface area contributed by atoms with Gasteiger partial charge in [0.1, 0.15) is 5.75 Å². The lowest BCUT2D eigenvalue weighted by atomic mass is 9.96. The first-order chi connectivity index (χ1) is 8.43. The van der Waals surface area contributed by atoms with Gasteiger partial charge < -0.3 is 15.5 Å². The van der Waals surface area contributed by atoms with Gasteiger partial charge in [0.2, 0.25) is 0 Å². The molecule has 18 heavy (non-hydrogen) atoms. The maximum Gasteiger partial charge on any atom is 0.308 e. The third kappa shape index (κ3) is 3.44. The fraction of sp³-hybridized carbons (Fsp3) is 0.417. The van der Waals surface area contributed by atoms with Crippen LogP contribution in [-0.2, 0) is 4.79 Å². The molecule has 1 amide bonds. The lowest BCUT2D eigenvalue weighted by molar-refractivity contribution is -0.142. The first-order valence-electron chi connectivity index (χ1n) is 5.58. The molecular weight excluding hydrogens is 236 g/mol. The number of aromatic nitrogens is 1. The molecule has 0 radical (unpaired) electrons. The number of carbonyl (C=O) groups excluding carboxylic acids is 1. The molecule has 1 heterocycles. The number of aliphatic carboxylic acids is 1. The zero-order valence-corrected chi connectivity index (χ0v) is 10.3. The van der Waals surface area contributed by atoms with Crippen molar-refractivity contribution in [2.45, 2.75) is 13.8 Å². The summed E-state index contributed by atoms with van der Waals surface area (Å²) < 4.78 is 0. The molecule has 0 saturated heterocycles. The van der Waals surface area contributed by atoms with Crippen LogP contribution in [-0.4, -0.2) is 33.6 Å². The molecule has 6 nitrogen and oxygen atoms in total. The van der Waals surface area contributed by atoms with Crippen molar-refractivity contribution in [3.05, 3.63) is 24.0 Å². The normalized spacial score (nSPS) is 12.2. The Kier molecular flexibility index (Phi) is 4.65. The van der Waals surface area contributed by atoms with Crippen LogP contribution < -0.4 is 5.32 Å². The number of nitrogens with zero attached hydrogens (tertiary/aromatic N) is 1. The van der Waals surface area contributed by atoms with E-state index in [2.05, 4.69) is 10.3 Å². The second-order valence-corrected chi connectivity index (χ2v) is 4.27. The molecule has 1 aromatic rings. The topological polar surface area (TPSA) is 99.5 Å². The Bertz CT molecular complexity index is 445. The Labute approximate surface area is 105 Å². The first kappa shape index (κ1) is 14.0. The van der Waals surface area contributed by atoms with Crippen LogP contribution in [0.25, 0.3) is 0 Å². The molecule has 0 aromatic carbocycles. The van der Waals surface area contributed by atoms with Crippen molar-refractivity contribution in [1.82, 2.24) is 10.3 Å². The number of aromatic hydroxyl groups is 1. The van der Waals surface area contributed by atoms with Gasteiger partial charge in [-0.05, 0) is 18.1 Å². The van der Waals surface area contributed by atoms with Crippen molar-refractivity contribution in [2.75, 3.05) is 6.54 Å². The van der Waals surface area contributed by atoms with Gasteiger partial charge >= 0.3 is 5.97 Å². The van der Waals surface area contributed by atoms with Crippen LogP contribution in [0, 0.1) is 11.8 Å². The summed E-state index contributed by atoms with van der Waals surface area (Å²) in [6.45, 7) is 3.54. The highest BCUT2D eigenvalue weighted by Gasteiger charge is 2.23. The maximum atomic E-state index is 11.7. The van der Waals surface area contributed by atoms with Crippen molar-refractivity contribution >= 4 is 11.9 Å². The lowest BCUT2D eigenvalue weighted by Gasteiger charge is -2.16. The fourth-order valence-corrected chi connectivity index (χ4v) is 1.47. The number of hydrogen-bond acceptors (Lipinski definition) is 4. The van der Waals surface area contributed by atoms with Gasteiger partial charge in [-0.1, -0.05) is 13.8 Å². The van der Waals surface area contributed by atoms with Gasteiger partial charge in [0, 0.05) is 12.7 Å². The van der Waals surface area contributed by atoms with Gasteiger partial charge in [0.25, 0.3) is 5.91 Å². The Morgan fingerprint density at radius 2 is 2.11 bits per heavy atom. The van der Waals surface area contributed by atoms with E-state index in [0.29, 0.717) is 0 Å². The van der Waals surface area contributed by atoms with Crippen LogP contribution in [0.1, 0.15) is 24.3 Å². The first-order valence-corrected chi connectivity index (χ1v) is 5.58. The number of pyridine rings is 1. The molecule has 0 aliphatic rings. The molecule has 1 rings (SSSR count). The largest absolute Gasteiger partial charge is 0.505 e. The standard InChI is InChI=1S/C12H16N2O4/c1-7(2)8(12(17)18)6-14-11(16)10-9(15)4-3-5-13-10/h3-5,7-8,15H,6H2,1-2H3,(H,14,16)(H,17,18). The van der Waals surface area contributed by atoms with E-state index < -0.39 is 17.8 Å². The average Bonchev–Trinajstić information content (AvgIpc) is 2.28. The molecule has 1 aromatic heterocycles. The van der Waals surface area contributed by atoms with Crippen LogP contribution in [0.3, 0.4) is 0 Å². The highest BCUT2D eigenvalue weighted by atomic mass is 16.4. The van der Waals surface area contributed by atoms with Crippen LogP contribution in [0.15, 0.2) is 18.3 Å². The Morgan fingerprint density at radius 1 is 1.44 bits per heavy atom. The van der Waals surface area contributed by atoms with Crippen molar-refractivity contribution in [3.63, 3.8) is 0 Å². The predicted molar refractivity (Wildman–Crippen MR) is 64.2 cm³/mol. The molecule has 0 saturated carbocycles. The third-order valence-electron chi connectivity index (χ3n) is 2.61. The average molecular weight is 252 g/mol. The number of amides is 1. The third-order valence-corrected chi connectivity index (χ3v) is 2.61. The second kappa shape index (κ2) is 6.00. The summed E-state index contributed by atoms with van der Waals surface area (Å²) in [5, 5.41) is 20.9. The lowest BCUT2D eigenvalue weighted by Crippen LogP contribution is -2.35. The SMILES string of the molecule is CC(C)C(CNC(=O)c1ncccc1O)C(=O)O. The van der Waals surface area contributed by atoms with Crippen LogP contribution in [0.5, 0.6) is 5.75 Å². The van der Waals surface area contributed by atoms with E-state index in [1.165, 1.54) is 18.3 Å². The smallest absolute Gasteiger partial charge is 0.308 e. The highest BCUT2D eigenvalue weighted by Crippen LogP contribution is 2.13. The number of hydrogen-bond donors (Lipinski definition) is 3. The second-order valence-electron chi connectivity index (χ2n) is 4.27. The monoisotopic (exact) mass is 252 g/mol. The van der Waals surface area contributed by atoms with Crippen LogP contribution >= 0.6 is 0 Å². The summed E-state index contributed by atoms with van der Waals surface area (Å²) >= 11 is 0. The number of carboxylic acid groups (broad SMARTS) is 1. The van der Waals surface area contributed by atoms with Gasteiger partial charge in [-0.25, -0.2) is 4.98 Å². The van der Waals surface area contributed by atoms with Gasteiger partial charge in [-0.2, -0.15) is 0 Å². The van der Waals surface area contributed by atoms with E-state index in [4.69, 9.17) is 5.11 Å². The quantitative estimate of drug-likeness (QED) is 0.722. The zero-order chi connectivity index (χ0) is 13.7. The number of nitrogens with one attached hydrogen (secondary N) is 1. The molecule has 0 spiro atoms. The van der Waals surface area contributed by atoms with Gasteiger partial charge in [-0.15, -0.1) is 0 Å². The van der Waals surface area contributed by atoms with Gasteiger partial charge in [-0.3, -0.25) is 9.59 Å². The van der Waals surface area contributed by atoms with Gasteiger partial charge in [0.15, 0.2) is 5.69 Å². The molecule has 0 fully saturated rings. The molecule has 0 aliphatic carbocycles. The van der Waals surface area contributed by atoms with Crippen molar-refractivity contribution in [2.24, 2.45) is 11.8 Å². The van der Waals surface area contributed by atoms with E-state index in [1.807, 2.05) is 0 Å².